The highest BCUT2D eigenvalue weighted by Gasteiger charge is 2.28. The summed E-state index contributed by atoms with van der Waals surface area (Å²) < 4.78 is 0. The van der Waals surface area contributed by atoms with E-state index in [1.807, 2.05) is 0 Å². The average Bonchev–Trinajstić information content (AvgIpc) is 2.64. The van der Waals surface area contributed by atoms with Gasteiger partial charge >= 0.3 is 0 Å². The molecule has 0 bridgehead atoms. The van der Waals surface area contributed by atoms with Gasteiger partial charge in [0.2, 0.25) is 5.91 Å². The maximum absolute atomic E-state index is 11.7. The highest BCUT2D eigenvalue weighted by Crippen LogP contribution is 2.14. The van der Waals surface area contributed by atoms with E-state index in [0.29, 0.717) is 6.04 Å². The van der Waals surface area contributed by atoms with Gasteiger partial charge in [0, 0.05) is 19.0 Å². The van der Waals surface area contributed by atoms with Crippen molar-refractivity contribution < 1.29 is 4.79 Å². The van der Waals surface area contributed by atoms with Crippen molar-refractivity contribution >= 4 is 5.91 Å². The SMILES string of the molecule is C#CCCCCNC(=O)C1CCNC1C. The lowest BCUT2D eigenvalue weighted by molar-refractivity contribution is -0.125. The van der Waals surface area contributed by atoms with Gasteiger partial charge in [0.1, 0.15) is 0 Å². The van der Waals surface area contributed by atoms with Gasteiger partial charge in [-0.15, -0.1) is 12.3 Å². The van der Waals surface area contributed by atoms with Crippen molar-refractivity contribution in [2.75, 3.05) is 13.1 Å². The summed E-state index contributed by atoms with van der Waals surface area (Å²) in [4.78, 5) is 11.7. The van der Waals surface area contributed by atoms with E-state index in [0.717, 1.165) is 38.8 Å². The van der Waals surface area contributed by atoms with Gasteiger partial charge in [-0.25, -0.2) is 0 Å². The molecular weight excluding hydrogens is 188 g/mol. The number of carbonyl (C=O) groups is 1. The Hall–Kier alpha value is -1.01. The molecule has 1 heterocycles. The molecule has 1 amide bonds. The summed E-state index contributed by atoms with van der Waals surface area (Å²) >= 11 is 0. The second-order valence-corrected chi connectivity index (χ2v) is 4.09. The van der Waals surface area contributed by atoms with Crippen LogP contribution in [0.25, 0.3) is 0 Å². The van der Waals surface area contributed by atoms with Crippen molar-refractivity contribution in [3.8, 4) is 12.3 Å². The van der Waals surface area contributed by atoms with Crippen LogP contribution in [-0.2, 0) is 4.79 Å². The van der Waals surface area contributed by atoms with Crippen LogP contribution in [0.3, 0.4) is 0 Å². The average molecular weight is 208 g/mol. The van der Waals surface area contributed by atoms with Crippen LogP contribution in [0.5, 0.6) is 0 Å². The lowest BCUT2D eigenvalue weighted by atomic mass is 10.0. The fraction of sp³-hybridized carbons (Fsp3) is 0.750. The number of hydrogen-bond acceptors (Lipinski definition) is 2. The Balaban J connectivity index is 2.11. The van der Waals surface area contributed by atoms with Gasteiger partial charge in [-0.1, -0.05) is 0 Å². The number of terminal acetylenes is 1. The Kier molecular flexibility index (Phi) is 5.20. The zero-order chi connectivity index (χ0) is 11.1. The zero-order valence-corrected chi connectivity index (χ0v) is 9.38. The number of hydrogen-bond donors (Lipinski definition) is 2. The van der Waals surface area contributed by atoms with Crippen LogP contribution in [0.2, 0.25) is 0 Å². The van der Waals surface area contributed by atoms with Crippen molar-refractivity contribution in [1.82, 2.24) is 10.6 Å². The molecule has 1 aliphatic heterocycles. The Labute approximate surface area is 92.0 Å². The van der Waals surface area contributed by atoms with Crippen molar-refractivity contribution in [3.63, 3.8) is 0 Å². The van der Waals surface area contributed by atoms with Gasteiger partial charge < -0.3 is 10.6 Å². The molecule has 3 heteroatoms. The molecule has 2 unspecified atom stereocenters. The van der Waals surface area contributed by atoms with Crippen molar-refractivity contribution in [2.24, 2.45) is 5.92 Å². The number of unbranched alkanes of at least 4 members (excludes halogenated alkanes) is 2. The third-order valence-electron chi connectivity index (χ3n) is 2.91. The molecule has 1 rings (SSSR count). The van der Waals surface area contributed by atoms with Crippen LogP contribution < -0.4 is 10.6 Å². The van der Waals surface area contributed by atoms with Crippen molar-refractivity contribution in [2.45, 2.75) is 38.6 Å². The number of nitrogens with one attached hydrogen (secondary N) is 2. The fourth-order valence-corrected chi connectivity index (χ4v) is 1.91. The summed E-state index contributed by atoms with van der Waals surface area (Å²) in [5, 5.41) is 6.24. The molecule has 0 aromatic rings. The lowest BCUT2D eigenvalue weighted by Crippen LogP contribution is -2.37. The smallest absolute Gasteiger partial charge is 0.224 e. The number of carbonyl (C=O) groups excluding carboxylic acids is 1. The summed E-state index contributed by atoms with van der Waals surface area (Å²) in [6, 6.07) is 0.315. The largest absolute Gasteiger partial charge is 0.356 e. The Morgan fingerprint density at radius 1 is 1.60 bits per heavy atom. The van der Waals surface area contributed by atoms with E-state index >= 15 is 0 Å². The molecule has 1 fully saturated rings. The Bertz CT molecular complexity index is 244. The van der Waals surface area contributed by atoms with Crippen LogP contribution >= 0.6 is 0 Å². The van der Waals surface area contributed by atoms with Crippen LogP contribution in [0, 0.1) is 18.3 Å². The minimum atomic E-state index is 0.151. The summed E-state index contributed by atoms with van der Waals surface area (Å²) in [5.41, 5.74) is 0. The first kappa shape index (κ1) is 12.1. The molecule has 2 atom stereocenters. The van der Waals surface area contributed by atoms with Gasteiger partial charge in [0.05, 0.1) is 5.92 Å². The predicted molar refractivity (Wildman–Crippen MR) is 61.3 cm³/mol. The Morgan fingerprint density at radius 3 is 3.00 bits per heavy atom. The maximum atomic E-state index is 11.7. The van der Waals surface area contributed by atoms with Crippen molar-refractivity contribution in [1.29, 1.82) is 0 Å². The molecular formula is C12H20N2O. The molecule has 0 aromatic heterocycles. The first-order valence-corrected chi connectivity index (χ1v) is 5.70. The van der Waals surface area contributed by atoms with E-state index < -0.39 is 0 Å². The van der Waals surface area contributed by atoms with Crippen LogP contribution in [0.4, 0.5) is 0 Å². The molecule has 1 saturated heterocycles. The molecule has 0 radical (unpaired) electrons. The lowest BCUT2D eigenvalue weighted by Gasteiger charge is -2.14. The van der Waals surface area contributed by atoms with Gasteiger partial charge in [-0.05, 0) is 32.7 Å². The molecule has 1 aliphatic rings. The highest BCUT2D eigenvalue weighted by molar-refractivity contribution is 5.79. The molecule has 0 saturated carbocycles. The van der Waals surface area contributed by atoms with E-state index in [9.17, 15) is 4.79 Å². The second-order valence-electron chi connectivity index (χ2n) is 4.09. The quantitative estimate of drug-likeness (QED) is 0.521. The van der Waals surface area contributed by atoms with Crippen molar-refractivity contribution in [3.05, 3.63) is 0 Å². The monoisotopic (exact) mass is 208 g/mol. The number of rotatable bonds is 5. The van der Waals surface area contributed by atoms with E-state index in [4.69, 9.17) is 6.42 Å². The minimum Gasteiger partial charge on any atom is -0.356 e. The van der Waals surface area contributed by atoms with E-state index in [1.54, 1.807) is 0 Å². The Morgan fingerprint density at radius 2 is 2.40 bits per heavy atom. The normalized spacial score (nSPS) is 24.8. The van der Waals surface area contributed by atoms with Gasteiger partial charge in [0.15, 0.2) is 0 Å². The molecule has 0 spiro atoms. The fourth-order valence-electron chi connectivity index (χ4n) is 1.91. The first-order valence-electron chi connectivity index (χ1n) is 5.70. The van der Waals surface area contributed by atoms with Gasteiger partial charge in [-0.3, -0.25) is 4.79 Å². The molecule has 0 aliphatic carbocycles. The van der Waals surface area contributed by atoms with Gasteiger partial charge in [-0.2, -0.15) is 0 Å². The van der Waals surface area contributed by atoms with Crippen LogP contribution in [0.1, 0.15) is 32.6 Å². The van der Waals surface area contributed by atoms with Gasteiger partial charge in [0.25, 0.3) is 0 Å². The number of amides is 1. The van der Waals surface area contributed by atoms with E-state index in [-0.39, 0.29) is 11.8 Å². The standard InChI is InChI=1S/C12H20N2O/c1-3-4-5-6-8-14-12(15)11-7-9-13-10(11)2/h1,10-11,13H,4-9H2,2H3,(H,14,15). The summed E-state index contributed by atoms with van der Waals surface area (Å²) in [7, 11) is 0. The van der Waals surface area contributed by atoms with Crippen LogP contribution in [-0.4, -0.2) is 25.0 Å². The molecule has 2 N–H and O–H groups in total. The van der Waals surface area contributed by atoms with E-state index in [2.05, 4.69) is 23.5 Å². The third kappa shape index (κ3) is 3.93. The first-order chi connectivity index (χ1) is 7.25. The summed E-state index contributed by atoms with van der Waals surface area (Å²) in [6.45, 7) is 3.77. The third-order valence-corrected chi connectivity index (χ3v) is 2.91. The predicted octanol–water partition coefficient (Wildman–Crippen LogP) is 0.904. The molecule has 15 heavy (non-hydrogen) atoms. The second kappa shape index (κ2) is 6.47. The molecule has 3 nitrogen and oxygen atoms in total. The topological polar surface area (TPSA) is 41.1 Å². The molecule has 84 valence electrons. The maximum Gasteiger partial charge on any atom is 0.224 e. The molecule has 0 aromatic carbocycles. The van der Waals surface area contributed by atoms with Crippen LogP contribution in [0.15, 0.2) is 0 Å². The van der Waals surface area contributed by atoms with E-state index in [1.165, 1.54) is 0 Å². The minimum absolute atomic E-state index is 0.151. The highest BCUT2D eigenvalue weighted by atomic mass is 16.1. The zero-order valence-electron chi connectivity index (χ0n) is 9.38. The summed E-state index contributed by atoms with van der Waals surface area (Å²) in [6.07, 6.45) is 8.87. The summed E-state index contributed by atoms with van der Waals surface area (Å²) in [5.74, 6) is 2.93.